The van der Waals surface area contributed by atoms with Gasteiger partial charge in [0.2, 0.25) is 17.7 Å². The van der Waals surface area contributed by atoms with Crippen LogP contribution in [0.3, 0.4) is 0 Å². The molecule has 3 amide bonds. The third kappa shape index (κ3) is 3.96. The van der Waals surface area contributed by atoms with E-state index < -0.39 is 23.8 Å². The van der Waals surface area contributed by atoms with Crippen molar-refractivity contribution in [2.24, 2.45) is 23.7 Å². The fourth-order valence-corrected chi connectivity index (χ4v) is 4.90. The largest absolute Gasteiger partial charge is 0.396 e. The lowest BCUT2D eigenvalue weighted by Gasteiger charge is -2.32. The molecular weight excluding hydrogens is 406 g/mol. The number of benzene rings is 1. The van der Waals surface area contributed by atoms with Gasteiger partial charge in [-0.15, -0.1) is 0 Å². The first kappa shape index (κ1) is 22.3. The molecule has 30 heavy (non-hydrogen) atoms. The van der Waals surface area contributed by atoms with Gasteiger partial charge in [0.05, 0.1) is 22.5 Å². The highest BCUT2D eigenvalue weighted by atomic mass is 35.5. The van der Waals surface area contributed by atoms with E-state index in [0.29, 0.717) is 17.1 Å². The SMILES string of the molecule is CNC(=O)[C@H]1[C@H]2C(=O)N(CCCO)[C@H](C(=O)Nc3c(C)cccc3Cl)[C@H]2C=C[C@H]1C. The van der Waals surface area contributed by atoms with Gasteiger partial charge in [0.25, 0.3) is 0 Å². The number of fused-ring (bicyclic) bond motifs is 1. The molecule has 1 aliphatic carbocycles. The van der Waals surface area contributed by atoms with Gasteiger partial charge in [-0.1, -0.05) is 42.8 Å². The van der Waals surface area contributed by atoms with E-state index in [1.807, 2.05) is 32.1 Å². The zero-order chi connectivity index (χ0) is 22.0. The summed E-state index contributed by atoms with van der Waals surface area (Å²) in [6.45, 7) is 3.89. The molecule has 1 aromatic rings. The lowest BCUT2D eigenvalue weighted by atomic mass is 9.70. The van der Waals surface area contributed by atoms with Crippen molar-refractivity contribution in [3.05, 3.63) is 40.9 Å². The van der Waals surface area contributed by atoms with E-state index in [1.165, 1.54) is 4.90 Å². The number of hydrogen-bond acceptors (Lipinski definition) is 4. The fraction of sp³-hybridized carbons (Fsp3) is 0.500. The summed E-state index contributed by atoms with van der Waals surface area (Å²) >= 11 is 6.27. The van der Waals surface area contributed by atoms with Crippen molar-refractivity contribution in [1.29, 1.82) is 0 Å². The average molecular weight is 434 g/mol. The number of carbonyl (C=O) groups is 3. The van der Waals surface area contributed by atoms with Crippen LogP contribution in [0.1, 0.15) is 18.9 Å². The van der Waals surface area contributed by atoms with Crippen molar-refractivity contribution in [3.63, 3.8) is 0 Å². The lowest BCUT2D eigenvalue weighted by Crippen LogP contribution is -2.45. The third-order valence-corrected chi connectivity index (χ3v) is 6.43. The second-order valence-corrected chi connectivity index (χ2v) is 8.37. The van der Waals surface area contributed by atoms with Gasteiger partial charge in [0.15, 0.2) is 0 Å². The molecule has 162 valence electrons. The van der Waals surface area contributed by atoms with Crippen LogP contribution in [-0.2, 0) is 14.4 Å². The number of aliphatic hydroxyl groups excluding tert-OH is 1. The van der Waals surface area contributed by atoms with Gasteiger partial charge in [0.1, 0.15) is 6.04 Å². The highest BCUT2D eigenvalue weighted by Gasteiger charge is 2.56. The zero-order valence-electron chi connectivity index (χ0n) is 17.4. The van der Waals surface area contributed by atoms with Crippen molar-refractivity contribution >= 4 is 35.0 Å². The number of hydrogen-bond donors (Lipinski definition) is 3. The fourth-order valence-electron chi connectivity index (χ4n) is 4.63. The second-order valence-electron chi connectivity index (χ2n) is 7.96. The molecule has 0 spiro atoms. The smallest absolute Gasteiger partial charge is 0.247 e. The van der Waals surface area contributed by atoms with Crippen LogP contribution in [0.4, 0.5) is 5.69 Å². The average Bonchev–Trinajstić information content (AvgIpc) is 3.00. The minimum Gasteiger partial charge on any atom is -0.396 e. The minimum absolute atomic E-state index is 0.0950. The van der Waals surface area contributed by atoms with Crippen LogP contribution in [-0.4, -0.2) is 54.0 Å². The predicted octanol–water partition coefficient (Wildman–Crippen LogP) is 1.98. The van der Waals surface area contributed by atoms with E-state index in [4.69, 9.17) is 11.6 Å². The summed E-state index contributed by atoms with van der Waals surface area (Å²) in [5, 5.41) is 15.3. The van der Waals surface area contributed by atoms with E-state index in [9.17, 15) is 19.5 Å². The maximum atomic E-state index is 13.4. The quantitative estimate of drug-likeness (QED) is 0.597. The molecule has 0 aromatic heterocycles. The first-order chi connectivity index (χ1) is 14.3. The Balaban J connectivity index is 1.98. The molecule has 1 saturated heterocycles. The van der Waals surface area contributed by atoms with Crippen molar-refractivity contribution in [2.75, 3.05) is 25.5 Å². The van der Waals surface area contributed by atoms with Gasteiger partial charge < -0.3 is 20.6 Å². The molecule has 7 nitrogen and oxygen atoms in total. The van der Waals surface area contributed by atoms with Crippen molar-refractivity contribution in [3.8, 4) is 0 Å². The number of allylic oxidation sites excluding steroid dienone is 1. The molecule has 0 radical (unpaired) electrons. The number of carbonyl (C=O) groups excluding carboxylic acids is 3. The first-order valence-corrected chi connectivity index (χ1v) is 10.6. The van der Waals surface area contributed by atoms with E-state index in [0.717, 1.165) is 5.56 Å². The summed E-state index contributed by atoms with van der Waals surface area (Å²) in [6, 6.07) is 4.56. The van der Waals surface area contributed by atoms with Crippen LogP contribution in [0.5, 0.6) is 0 Å². The summed E-state index contributed by atoms with van der Waals surface area (Å²) in [6.07, 6.45) is 4.14. The Morgan fingerprint density at radius 2 is 1.97 bits per heavy atom. The summed E-state index contributed by atoms with van der Waals surface area (Å²) < 4.78 is 0. The van der Waals surface area contributed by atoms with Crippen LogP contribution in [0.2, 0.25) is 5.02 Å². The number of likely N-dealkylation sites (tertiary alicyclic amines) is 1. The van der Waals surface area contributed by atoms with E-state index >= 15 is 0 Å². The standard InChI is InChI=1S/C22H28ClN3O4/c1-12-8-9-14-17(16(12)20(28)24-3)22(30)26(10-5-11-27)19(14)21(29)25-18-13(2)6-4-7-15(18)23/h4,6-9,12,14,16-17,19,27H,5,10-11H2,1-3H3,(H,24,28)(H,25,29)/t12-,14+,16-,17+,19+/m1/s1. The van der Waals surface area contributed by atoms with Gasteiger partial charge in [-0.3, -0.25) is 14.4 Å². The zero-order valence-corrected chi connectivity index (χ0v) is 18.1. The van der Waals surface area contributed by atoms with Crippen LogP contribution < -0.4 is 10.6 Å². The highest BCUT2D eigenvalue weighted by Crippen LogP contribution is 2.44. The third-order valence-electron chi connectivity index (χ3n) is 6.12. The predicted molar refractivity (Wildman–Crippen MR) is 115 cm³/mol. The molecule has 0 saturated carbocycles. The van der Waals surface area contributed by atoms with Gasteiger partial charge in [0, 0.05) is 26.1 Å². The van der Waals surface area contributed by atoms with Crippen molar-refractivity contribution < 1.29 is 19.5 Å². The summed E-state index contributed by atoms with van der Waals surface area (Å²) in [7, 11) is 1.55. The number of nitrogens with one attached hydrogen (secondary N) is 2. The number of nitrogens with zero attached hydrogens (tertiary/aromatic N) is 1. The summed E-state index contributed by atoms with van der Waals surface area (Å²) in [4.78, 5) is 40.8. The molecule has 0 unspecified atom stereocenters. The Kier molecular flexibility index (Phi) is 6.83. The molecular formula is C22H28ClN3O4. The molecule has 2 aliphatic rings. The molecule has 8 heteroatoms. The Hall–Kier alpha value is -2.38. The summed E-state index contributed by atoms with van der Waals surface area (Å²) in [5.74, 6) is -2.50. The molecule has 1 aliphatic heterocycles. The number of amides is 3. The van der Waals surface area contributed by atoms with Gasteiger partial charge in [-0.2, -0.15) is 0 Å². The van der Waals surface area contributed by atoms with Crippen LogP contribution in [0, 0.1) is 30.6 Å². The number of rotatable bonds is 6. The molecule has 3 rings (SSSR count). The van der Waals surface area contributed by atoms with Gasteiger partial charge in [-0.25, -0.2) is 0 Å². The minimum atomic E-state index is -0.777. The molecule has 3 N–H and O–H groups in total. The number of aliphatic hydroxyl groups is 1. The Bertz CT molecular complexity index is 852. The van der Waals surface area contributed by atoms with Gasteiger partial charge in [-0.05, 0) is 30.9 Å². The summed E-state index contributed by atoms with van der Waals surface area (Å²) in [5.41, 5.74) is 1.33. The van der Waals surface area contributed by atoms with E-state index in [2.05, 4.69) is 10.6 Å². The second kappa shape index (κ2) is 9.18. The molecule has 0 bridgehead atoms. The first-order valence-electron chi connectivity index (χ1n) is 10.2. The van der Waals surface area contributed by atoms with Crippen LogP contribution in [0.15, 0.2) is 30.4 Å². The number of aryl methyl sites for hydroxylation is 1. The van der Waals surface area contributed by atoms with E-state index in [-0.39, 0.29) is 36.8 Å². The Labute approximate surface area is 181 Å². The van der Waals surface area contributed by atoms with E-state index in [1.54, 1.807) is 19.2 Å². The number of anilines is 1. The molecule has 1 fully saturated rings. The Morgan fingerprint density at radius 1 is 1.23 bits per heavy atom. The van der Waals surface area contributed by atoms with Crippen molar-refractivity contribution in [2.45, 2.75) is 26.3 Å². The topological polar surface area (TPSA) is 98.7 Å². The number of halogens is 1. The normalized spacial score (nSPS) is 27.7. The van der Waals surface area contributed by atoms with Crippen LogP contribution >= 0.6 is 11.6 Å². The molecule has 1 heterocycles. The molecule has 5 atom stereocenters. The maximum absolute atomic E-state index is 13.4. The van der Waals surface area contributed by atoms with Crippen molar-refractivity contribution in [1.82, 2.24) is 10.2 Å². The lowest BCUT2D eigenvalue weighted by molar-refractivity contribution is -0.140. The monoisotopic (exact) mass is 433 g/mol. The Morgan fingerprint density at radius 3 is 2.60 bits per heavy atom. The highest BCUT2D eigenvalue weighted by molar-refractivity contribution is 6.34. The van der Waals surface area contributed by atoms with Gasteiger partial charge >= 0.3 is 0 Å². The maximum Gasteiger partial charge on any atom is 0.247 e. The molecule has 1 aromatic carbocycles. The number of para-hydroxylation sites is 1. The van der Waals surface area contributed by atoms with Crippen LogP contribution in [0.25, 0.3) is 0 Å².